The molecule has 15 heavy (non-hydrogen) atoms. The van der Waals surface area contributed by atoms with Crippen LogP contribution in [0.5, 0.6) is 0 Å². The molecule has 1 heterocycles. The van der Waals surface area contributed by atoms with Gasteiger partial charge in [0.2, 0.25) is 6.41 Å². The molecule has 0 bridgehead atoms. The predicted molar refractivity (Wildman–Crippen MR) is 65.8 cm³/mol. The van der Waals surface area contributed by atoms with E-state index in [0.29, 0.717) is 5.41 Å². The zero-order valence-corrected chi connectivity index (χ0v) is 11.0. The summed E-state index contributed by atoms with van der Waals surface area (Å²) in [5, 5.41) is 0. The number of rotatable bonds is 2. The van der Waals surface area contributed by atoms with Crippen LogP contribution in [0.25, 0.3) is 0 Å². The maximum atomic E-state index is 10.4. The average molecular weight is 213 g/mol. The third-order valence-corrected chi connectivity index (χ3v) is 2.90. The van der Waals surface area contributed by atoms with Gasteiger partial charge in [-0.15, -0.1) is 0 Å². The first-order valence-corrected chi connectivity index (χ1v) is 6.10. The fourth-order valence-corrected chi connectivity index (χ4v) is 1.56. The molecule has 2 nitrogen and oxygen atoms in total. The van der Waals surface area contributed by atoms with Crippen LogP contribution in [0.3, 0.4) is 0 Å². The fourth-order valence-electron chi connectivity index (χ4n) is 1.56. The van der Waals surface area contributed by atoms with E-state index in [2.05, 4.69) is 34.6 Å². The Balaban J connectivity index is 0.000000336. The van der Waals surface area contributed by atoms with E-state index in [9.17, 15) is 4.79 Å². The van der Waals surface area contributed by atoms with Gasteiger partial charge >= 0.3 is 0 Å². The Hall–Kier alpha value is -0.530. The standard InChI is InChI=1S/C8H15NO.C5H12/c1-8(2)4-3-5-9(6-8)7-10;1-4-5(2)3/h7H,3-6H2,1-2H3;5H,4H2,1-3H3. The molecule has 0 N–H and O–H groups in total. The molecule has 1 saturated heterocycles. The van der Waals surface area contributed by atoms with Crippen molar-refractivity contribution < 1.29 is 4.79 Å². The van der Waals surface area contributed by atoms with Crippen molar-refractivity contribution in [3.8, 4) is 0 Å². The van der Waals surface area contributed by atoms with E-state index >= 15 is 0 Å². The second kappa shape index (κ2) is 6.86. The molecule has 0 radical (unpaired) electrons. The molecular formula is C13H27NO. The Bertz CT molecular complexity index is 175. The largest absolute Gasteiger partial charge is 0.345 e. The summed E-state index contributed by atoms with van der Waals surface area (Å²) in [6.07, 6.45) is 4.67. The van der Waals surface area contributed by atoms with Gasteiger partial charge < -0.3 is 4.90 Å². The third kappa shape index (κ3) is 7.40. The number of carbonyl (C=O) groups is 1. The van der Waals surface area contributed by atoms with Crippen molar-refractivity contribution in [2.75, 3.05) is 13.1 Å². The normalized spacial score (nSPS) is 19.5. The van der Waals surface area contributed by atoms with Crippen molar-refractivity contribution in [3.63, 3.8) is 0 Å². The van der Waals surface area contributed by atoms with Crippen LogP contribution in [-0.4, -0.2) is 24.4 Å². The van der Waals surface area contributed by atoms with Crippen LogP contribution < -0.4 is 0 Å². The quantitative estimate of drug-likeness (QED) is 0.644. The third-order valence-electron chi connectivity index (χ3n) is 2.90. The first kappa shape index (κ1) is 14.5. The van der Waals surface area contributed by atoms with E-state index in [0.717, 1.165) is 31.8 Å². The second-order valence-corrected chi connectivity index (χ2v) is 5.65. The maximum absolute atomic E-state index is 10.4. The summed E-state index contributed by atoms with van der Waals surface area (Å²) in [6, 6.07) is 0. The first-order chi connectivity index (χ1) is 6.91. The molecule has 0 atom stereocenters. The molecule has 0 spiro atoms. The molecule has 1 aliphatic heterocycles. The predicted octanol–water partition coefficient (Wildman–Crippen LogP) is 3.32. The highest BCUT2D eigenvalue weighted by molar-refractivity contribution is 5.47. The summed E-state index contributed by atoms with van der Waals surface area (Å²) < 4.78 is 0. The Morgan fingerprint density at radius 2 is 1.93 bits per heavy atom. The van der Waals surface area contributed by atoms with Crippen molar-refractivity contribution in [2.45, 2.75) is 53.9 Å². The molecule has 0 aromatic rings. The lowest BCUT2D eigenvalue weighted by Crippen LogP contribution is -2.38. The molecule has 90 valence electrons. The number of hydrogen-bond acceptors (Lipinski definition) is 1. The zero-order chi connectivity index (χ0) is 11.9. The van der Waals surface area contributed by atoms with Crippen molar-refractivity contribution in [2.24, 2.45) is 11.3 Å². The summed E-state index contributed by atoms with van der Waals surface area (Å²) in [5.74, 6) is 0.884. The van der Waals surface area contributed by atoms with Gasteiger partial charge in [-0.3, -0.25) is 4.79 Å². The molecule has 0 aromatic heterocycles. The molecule has 0 aliphatic carbocycles. The van der Waals surface area contributed by atoms with Gasteiger partial charge in [0.15, 0.2) is 0 Å². The molecule has 1 aliphatic rings. The SMILES string of the molecule is CC1(C)CCCN(C=O)C1.CCC(C)C. The topological polar surface area (TPSA) is 20.3 Å². The molecular weight excluding hydrogens is 186 g/mol. The summed E-state index contributed by atoms with van der Waals surface area (Å²) in [5.41, 5.74) is 0.346. The van der Waals surface area contributed by atoms with Crippen LogP contribution in [0.2, 0.25) is 0 Å². The minimum atomic E-state index is 0.346. The molecule has 2 heteroatoms. The van der Waals surface area contributed by atoms with Crippen molar-refractivity contribution >= 4 is 6.41 Å². The number of amides is 1. The highest BCUT2D eigenvalue weighted by Crippen LogP contribution is 2.27. The average Bonchev–Trinajstić information content (AvgIpc) is 2.17. The van der Waals surface area contributed by atoms with Gasteiger partial charge in [-0.1, -0.05) is 41.0 Å². The van der Waals surface area contributed by atoms with E-state index < -0.39 is 0 Å². The second-order valence-electron chi connectivity index (χ2n) is 5.65. The van der Waals surface area contributed by atoms with Gasteiger partial charge in [0.25, 0.3) is 0 Å². The van der Waals surface area contributed by atoms with Crippen LogP contribution >= 0.6 is 0 Å². The minimum absolute atomic E-state index is 0.346. The van der Waals surface area contributed by atoms with E-state index in [1.54, 1.807) is 0 Å². The summed E-state index contributed by atoms with van der Waals surface area (Å²) in [7, 11) is 0. The van der Waals surface area contributed by atoms with Crippen molar-refractivity contribution in [1.82, 2.24) is 4.90 Å². The van der Waals surface area contributed by atoms with E-state index in [4.69, 9.17) is 0 Å². The van der Waals surface area contributed by atoms with Crippen LogP contribution in [0.15, 0.2) is 0 Å². The summed E-state index contributed by atoms with van der Waals surface area (Å²) in [4.78, 5) is 12.2. The molecule has 0 saturated carbocycles. The van der Waals surface area contributed by atoms with Gasteiger partial charge in [-0.25, -0.2) is 0 Å². The number of carbonyl (C=O) groups excluding carboxylic acids is 1. The van der Waals surface area contributed by atoms with Crippen LogP contribution in [0, 0.1) is 11.3 Å². The summed E-state index contributed by atoms with van der Waals surface area (Å²) in [6.45, 7) is 12.9. The van der Waals surface area contributed by atoms with E-state index in [1.807, 2.05) is 4.90 Å². The Morgan fingerprint density at radius 1 is 1.40 bits per heavy atom. The van der Waals surface area contributed by atoms with E-state index in [1.165, 1.54) is 12.8 Å². The maximum Gasteiger partial charge on any atom is 0.209 e. The van der Waals surface area contributed by atoms with Gasteiger partial charge in [-0.05, 0) is 24.2 Å². The van der Waals surface area contributed by atoms with Crippen LogP contribution in [0.1, 0.15) is 53.9 Å². The first-order valence-electron chi connectivity index (χ1n) is 6.10. The summed E-state index contributed by atoms with van der Waals surface area (Å²) >= 11 is 0. The fraction of sp³-hybridized carbons (Fsp3) is 0.923. The lowest BCUT2D eigenvalue weighted by Gasteiger charge is -2.35. The monoisotopic (exact) mass is 213 g/mol. The van der Waals surface area contributed by atoms with Crippen molar-refractivity contribution in [3.05, 3.63) is 0 Å². The molecule has 0 aromatic carbocycles. The smallest absolute Gasteiger partial charge is 0.209 e. The molecule has 0 unspecified atom stereocenters. The molecule has 1 rings (SSSR count). The Kier molecular flexibility index (Phi) is 6.62. The minimum Gasteiger partial charge on any atom is -0.345 e. The lowest BCUT2D eigenvalue weighted by atomic mass is 9.84. The molecule has 1 amide bonds. The Morgan fingerprint density at radius 3 is 2.20 bits per heavy atom. The van der Waals surface area contributed by atoms with Gasteiger partial charge in [0.1, 0.15) is 0 Å². The van der Waals surface area contributed by atoms with Gasteiger partial charge in [0, 0.05) is 13.1 Å². The zero-order valence-electron chi connectivity index (χ0n) is 11.0. The number of likely N-dealkylation sites (tertiary alicyclic amines) is 1. The van der Waals surface area contributed by atoms with Crippen molar-refractivity contribution in [1.29, 1.82) is 0 Å². The Labute approximate surface area is 95.0 Å². The van der Waals surface area contributed by atoms with Crippen LogP contribution in [0.4, 0.5) is 0 Å². The molecule has 1 fully saturated rings. The highest BCUT2D eigenvalue weighted by Gasteiger charge is 2.24. The van der Waals surface area contributed by atoms with Gasteiger partial charge in [0.05, 0.1) is 0 Å². The highest BCUT2D eigenvalue weighted by atomic mass is 16.1. The number of hydrogen-bond donors (Lipinski definition) is 0. The van der Waals surface area contributed by atoms with E-state index in [-0.39, 0.29) is 0 Å². The van der Waals surface area contributed by atoms with Crippen LogP contribution in [-0.2, 0) is 4.79 Å². The number of nitrogens with zero attached hydrogens (tertiary/aromatic N) is 1. The van der Waals surface area contributed by atoms with Gasteiger partial charge in [-0.2, -0.15) is 0 Å². The number of piperidine rings is 1. The lowest BCUT2D eigenvalue weighted by molar-refractivity contribution is -0.120.